The second-order valence-corrected chi connectivity index (χ2v) is 7.43. The first-order valence-corrected chi connectivity index (χ1v) is 9.72. The van der Waals surface area contributed by atoms with E-state index in [1.54, 1.807) is 0 Å². The third-order valence-corrected chi connectivity index (χ3v) is 5.19. The van der Waals surface area contributed by atoms with E-state index in [0.717, 1.165) is 54.3 Å². The van der Waals surface area contributed by atoms with Gasteiger partial charge in [-0.25, -0.2) is 4.98 Å². The topological polar surface area (TPSA) is 61.2 Å². The minimum atomic E-state index is 0.0514. The lowest BCUT2D eigenvalue weighted by molar-refractivity contribution is -0.000365. The first-order valence-electron chi connectivity index (χ1n) is 9.72. The van der Waals surface area contributed by atoms with E-state index in [1.165, 1.54) is 12.8 Å². The smallest absolute Gasteiger partial charge is 0.223 e. The second kappa shape index (κ2) is 7.29. The van der Waals surface area contributed by atoms with Crippen LogP contribution in [0.15, 0.2) is 42.9 Å². The zero-order valence-electron chi connectivity index (χ0n) is 15.3. The van der Waals surface area contributed by atoms with E-state index in [1.807, 2.05) is 24.4 Å². The van der Waals surface area contributed by atoms with E-state index in [0.29, 0.717) is 12.5 Å². The van der Waals surface area contributed by atoms with Gasteiger partial charge >= 0.3 is 0 Å². The molecular weight excluding hydrogens is 340 g/mol. The Morgan fingerprint density at radius 1 is 1.30 bits per heavy atom. The lowest BCUT2D eigenvalue weighted by Gasteiger charge is -2.23. The molecule has 6 nitrogen and oxygen atoms in total. The molecule has 0 aromatic carbocycles. The van der Waals surface area contributed by atoms with Gasteiger partial charge in [-0.2, -0.15) is 0 Å². The molecule has 3 aromatic heterocycles. The van der Waals surface area contributed by atoms with Crippen molar-refractivity contribution in [1.29, 1.82) is 0 Å². The van der Waals surface area contributed by atoms with E-state index in [-0.39, 0.29) is 6.10 Å². The number of hydrogen-bond donors (Lipinski definition) is 1. The van der Waals surface area contributed by atoms with E-state index < -0.39 is 0 Å². The summed E-state index contributed by atoms with van der Waals surface area (Å²) in [5.41, 5.74) is 2.90. The van der Waals surface area contributed by atoms with Gasteiger partial charge < -0.3 is 19.4 Å². The number of fused-ring (bicyclic) bond motifs is 1. The molecule has 4 heterocycles. The van der Waals surface area contributed by atoms with E-state index >= 15 is 0 Å². The normalized spacial score (nSPS) is 20.1. The Morgan fingerprint density at radius 3 is 3.11 bits per heavy atom. The molecule has 0 bridgehead atoms. The van der Waals surface area contributed by atoms with Gasteiger partial charge in [0, 0.05) is 43.8 Å². The highest BCUT2D eigenvalue weighted by Crippen LogP contribution is 2.32. The molecule has 1 aliphatic carbocycles. The highest BCUT2D eigenvalue weighted by molar-refractivity contribution is 5.86. The Hall–Kier alpha value is -2.44. The SMILES string of the molecule is c1cnc2cc(-c3ccn(CC4CC4)c3)nc(OC[C@@H]3CNCCO3)c2c1. The number of hydrogen-bond acceptors (Lipinski definition) is 5. The van der Waals surface area contributed by atoms with Gasteiger partial charge in [0.15, 0.2) is 0 Å². The number of morpholine rings is 1. The summed E-state index contributed by atoms with van der Waals surface area (Å²) in [6.07, 6.45) is 8.87. The van der Waals surface area contributed by atoms with Gasteiger partial charge in [0.05, 0.1) is 23.2 Å². The predicted octanol–water partition coefficient (Wildman–Crippen LogP) is 2.88. The second-order valence-electron chi connectivity index (χ2n) is 7.43. The Kier molecular flexibility index (Phi) is 4.51. The molecule has 0 radical (unpaired) electrons. The van der Waals surface area contributed by atoms with Crippen LogP contribution in [-0.2, 0) is 11.3 Å². The van der Waals surface area contributed by atoms with Crippen molar-refractivity contribution in [2.45, 2.75) is 25.5 Å². The van der Waals surface area contributed by atoms with Gasteiger partial charge in [-0.15, -0.1) is 0 Å². The molecule has 1 saturated heterocycles. The van der Waals surface area contributed by atoms with E-state index in [4.69, 9.17) is 14.5 Å². The van der Waals surface area contributed by atoms with Crippen molar-refractivity contribution in [3.05, 3.63) is 42.9 Å². The summed E-state index contributed by atoms with van der Waals surface area (Å²) in [5, 5.41) is 4.26. The van der Waals surface area contributed by atoms with Gasteiger partial charge in [-0.1, -0.05) is 0 Å². The van der Waals surface area contributed by atoms with Crippen LogP contribution in [0.25, 0.3) is 22.2 Å². The molecule has 1 saturated carbocycles. The summed E-state index contributed by atoms with van der Waals surface area (Å²) in [6, 6.07) is 8.09. The Labute approximate surface area is 158 Å². The summed E-state index contributed by atoms with van der Waals surface area (Å²) >= 11 is 0. The van der Waals surface area contributed by atoms with Crippen LogP contribution in [-0.4, -0.2) is 46.9 Å². The number of nitrogens with one attached hydrogen (secondary N) is 1. The largest absolute Gasteiger partial charge is 0.474 e. The van der Waals surface area contributed by atoms with Crippen LogP contribution in [0.4, 0.5) is 0 Å². The maximum atomic E-state index is 6.08. The lowest BCUT2D eigenvalue weighted by atomic mass is 10.1. The Balaban J connectivity index is 1.43. The molecule has 0 spiro atoms. The average Bonchev–Trinajstić information content (AvgIpc) is 3.41. The first kappa shape index (κ1) is 16.7. The molecule has 3 aromatic rings. The third-order valence-electron chi connectivity index (χ3n) is 5.19. The molecule has 6 heteroatoms. The lowest BCUT2D eigenvalue weighted by Crippen LogP contribution is -2.41. The monoisotopic (exact) mass is 364 g/mol. The van der Waals surface area contributed by atoms with Gasteiger partial charge in [0.25, 0.3) is 0 Å². The van der Waals surface area contributed by atoms with Crippen LogP contribution in [0.2, 0.25) is 0 Å². The van der Waals surface area contributed by atoms with Gasteiger partial charge in [0.2, 0.25) is 5.88 Å². The average molecular weight is 364 g/mol. The molecule has 2 aliphatic rings. The van der Waals surface area contributed by atoms with Crippen LogP contribution in [0, 0.1) is 5.92 Å². The Morgan fingerprint density at radius 2 is 2.26 bits per heavy atom. The fraction of sp³-hybridized carbons (Fsp3) is 0.429. The number of nitrogens with zero attached hydrogens (tertiary/aromatic N) is 3. The minimum absolute atomic E-state index is 0.0514. The quantitative estimate of drug-likeness (QED) is 0.729. The van der Waals surface area contributed by atoms with Crippen LogP contribution >= 0.6 is 0 Å². The zero-order chi connectivity index (χ0) is 18.1. The third kappa shape index (κ3) is 3.82. The molecule has 1 N–H and O–H groups in total. The van der Waals surface area contributed by atoms with Crippen molar-refractivity contribution in [3.8, 4) is 17.1 Å². The van der Waals surface area contributed by atoms with Crippen molar-refractivity contribution >= 4 is 10.9 Å². The number of rotatable bonds is 6. The molecule has 1 aliphatic heterocycles. The summed E-state index contributed by atoms with van der Waals surface area (Å²) in [5.74, 6) is 1.47. The Bertz CT molecular complexity index is 929. The summed E-state index contributed by atoms with van der Waals surface area (Å²) in [4.78, 5) is 9.33. The molecule has 27 heavy (non-hydrogen) atoms. The number of pyridine rings is 2. The summed E-state index contributed by atoms with van der Waals surface area (Å²) in [7, 11) is 0. The number of ether oxygens (including phenoxy) is 2. The van der Waals surface area contributed by atoms with Crippen molar-refractivity contribution in [2.24, 2.45) is 5.92 Å². The highest BCUT2D eigenvalue weighted by Gasteiger charge is 2.22. The molecule has 1 atom stereocenters. The highest BCUT2D eigenvalue weighted by atomic mass is 16.5. The van der Waals surface area contributed by atoms with Crippen molar-refractivity contribution in [1.82, 2.24) is 19.9 Å². The van der Waals surface area contributed by atoms with Gasteiger partial charge in [0.1, 0.15) is 12.7 Å². The summed E-state index contributed by atoms with van der Waals surface area (Å²) < 4.78 is 14.1. The van der Waals surface area contributed by atoms with Crippen molar-refractivity contribution < 1.29 is 9.47 Å². The minimum Gasteiger partial charge on any atom is -0.474 e. The maximum absolute atomic E-state index is 6.08. The van der Waals surface area contributed by atoms with E-state index in [9.17, 15) is 0 Å². The van der Waals surface area contributed by atoms with E-state index in [2.05, 4.69) is 33.3 Å². The zero-order valence-corrected chi connectivity index (χ0v) is 15.3. The van der Waals surface area contributed by atoms with Crippen LogP contribution in [0.1, 0.15) is 12.8 Å². The molecule has 140 valence electrons. The molecule has 0 amide bonds. The standard InChI is InChI=1S/C21H24N4O2/c1-2-18-20(23-6-1)10-19(16-5-8-25(13-16)12-15-3-4-15)24-21(18)27-14-17-11-22-7-9-26-17/h1-2,5-6,8,10,13,15,17,22H,3-4,7,9,11-12,14H2/t17-/m0/s1. The maximum Gasteiger partial charge on any atom is 0.223 e. The van der Waals surface area contributed by atoms with Gasteiger partial charge in [-0.3, -0.25) is 4.98 Å². The number of aromatic nitrogens is 3. The van der Waals surface area contributed by atoms with Crippen molar-refractivity contribution in [3.63, 3.8) is 0 Å². The van der Waals surface area contributed by atoms with Crippen LogP contribution < -0.4 is 10.1 Å². The predicted molar refractivity (Wildman–Crippen MR) is 104 cm³/mol. The van der Waals surface area contributed by atoms with Gasteiger partial charge in [-0.05, 0) is 43.0 Å². The molecule has 0 unspecified atom stereocenters. The molecular formula is C21H24N4O2. The first-order chi connectivity index (χ1) is 13.3. The fourth-order valence-electron chi connectivity index (χ4n) is 3.51. The van der Waals surface area contributed by atoms with Crippen molar-refractivity contribution in [2.75, 3.05) is 26.3 Å². The van der Waals surface area contributed by atoms with Crippen LogP contribution in [0.5, 0.6) is 5.88 Å². The molecule has 2 fully saturated rings. The molecule has 5 rings (SSSR count). The summed E-state index contributed by atoms with van der Waals surface area (Å²) in [6.45, 7) is 4.00. The van der Waals surface area contributed by atoms with Crippen LogP contribution in [0.3, 0.4) is 0 Å². The fourth-order valence-corrected chi connectivity index (χ4v) is 3.51.